The Morgan fingerprint density at radius 1 is 0.962 bits per heavy atom. The highest BCUT2D eigenvalue weighted by molar-refractivity contribution is 5.98. The molecule has 26 heavy (non-hydrogen) atoms. The second kappa shape index (κ2) is 12.5. The van der Waals surface area contributed by atoms with Gasteiger partial charge in [0, 0.05) is 17.7 Å². The van der Waals surface area contributed by atoms with Gasteiger partial charge in [0.1, 0.15) is 5.75 Å². The first kappa shape index (κ1) is 21.2. The number of benzene rings is 1. The number of hydrogen-bond donors (Lipinski definition) is 2. The molecular formula is C19H26N2O5. The summed E-state index contributed by atoms with van der Waals surface area (Å²) in [5.41, 5.74) is 4.81. The quantitative estimate of drug-likeness (QED) is 0.289. The lowest BCUT2D eigenvalue weighted by atomic mass is 10.2. The highest BCUT2D eigenvalue weighted by atomic mass is 16.5. The number of amides is 2. The number of ether oxygens (including phenoxy) is 2. The van der Waals surface area contributed by atoms with Crippen molar-refractivity contribution < 1.29 is 23.9 Å². The van der Waals surface area contributed by atoms with Gasteiger partial charge in [-0.05, 0) is 37.6 Å². The van der Waals surface area contributed by atoms with E-state index >= 15 is 0 Å². The standard InChI is InChI=1S/C19H26N2O5/c1-3-5-6-7-14-26-16-10-8-15(9-11-16)19(24)21-20-17(22)12-13-18(23)25-4-2/h8-13H,3-7,14H2,1-2H3,(H,20,22)(H,21,24). The van der Waals surface area contributed by atoms with Crippen LogP contribution in [0.4, 0.5) is 0 Å². The summed E-state index contributed by atoms with van der Waals surface area (Å²) < 4.78 is 10.2. The second-order valence-corrected chi connectivity index (χ2v) is 5.46. The van der Waals surface area contributed by atoms with Crippen molar-refractivity contribution in [3.63, 3.8) is 0 Å². The topological polar surface area (TPSA) is 93.7 Å². The molecule has 0 bridgehead atoms. The molecule has 0 aromatic heterocycles. The predicted octanol–water partition coefficient (Wildman–Crippen LogP) is 2.53. The third kappa shape index (κ3) is 8.86. The second-order valence-electron chi connectivity index (χ2n) is 5.46. The molecule has 1 rings (SSSR count). The Kier molecular flexibility index (Phi) is 10.2. The Morgan fingerprint density at radius 2 is 1.69 bits per heavy atom. The molecule has 0 heterocycles. The van der Waals surface area contributed by atoms with Crippen molar-refractivity contribution in [2.75, 3.05) is 13.2 Å². The number of carbonyl (C=O) groups is 3. The molecule has 7 nitrogen and oxygen atoms in total. The van der Waals surface area contributed by atoms with E-state index < -0.39 is 17.8 Å². The molecule has 0 saturated carbocycles. The van der Waals surface area contributed by atoms with Gasteiger partial charge >= 0.3 is 5.97 Å². The summed E-state index contributed by atoms with van der Waals surface area (Å²) in [6, 6.07) is 6.63. The van der Waals surface area contributed by atoms with Crippen LogP contribution in [0.5, 0.6) is 5.75 Å². The Morgan fingerprint density at radius 3 is 2.35 bits per heavy atom. The van der Waals surface area contributed by atoms with Gasteiger partial charge < -0.3 is 9.47 Å². The monoisotopic (exact) mass is 362 g/mol. The van der Waals surface area contributed by atoms with Gasteiger partial charge in [-0.1, -0.05) is 26.2 Å². The lowest BCUT2D eigenvalue weighted by Gasteiger charge is -2.08. The van der Waals surface area contributed by atoms with E-state index in [1.54, 1.807) is 31.2 Å². The first-order valence-electron chi connectivity index (χ1n) is 8.74. The zero-order valence-corrected chi connectivity index (χ0v) is 15.2. The van der Waals surface area contributed by atoms with Crippen LogP contribution in [-0.2, 0) is 14.3 Å². The summed E-state index contributed by atoms with van der Waals surface area (Å²) in [5, 5.41) is 0. The number of rotatable bonds is 10. The molecule has 0 radical (unpaired) electrons. The molecule has 0 aliphatic heterocycles. The average molecular weight is 362 g/mol. The molecule has 0 spiro atoms. The molecule has 1 aromatic rings. The summed E-state index contributed by atoms with van der Waals surface area (Å²) >= 11 is 0. The zero-order valence-electron chi connectivity index (χ0n) is 15.2. The number of carbonyl (C=O) groups excluding carboxylic acids is 3. The van der Waals surface area contributed by atoms with Gasteiger partial charge in [0.25, 0.3) is 11.8 Å². The normalized spacial score (nSPS) is 10.4. The maximum absolute atomic E-state index is 12.0. The van der Waals surface area contributed by atoms with Crippen molar-refractivity contribution in [3.8, 4) is 5.75 Å². The lowest BCUT2D eigenvalue weighted by molar-refractivity contribution is -0.137. The van der Waals surface area contributed by atoms with Gasteiger partial charge in [-0.3, -0.25) is 20.4 Å². The summed E-state index contributed by atoms with van der Waals surface area (Å²) in [7, 11) is 0. The summed E-state index contributed by atoms with van der Waals surface area (Å²) in [6.07, 6.45) is 6.48. The minimum absolute atomic E-state index is 0.222. The molecule has 7 heteroatoms. The van der Waals surface area contributed by atoms with Gasteiger partial charge in [0.15, 0.2) is 0 Å². The Balaban J connectivity index is 2.36. The van der Waals surface area contributed by atoms with E-state index in [4.69, 9.17) is 4.74 Å². The first-order valence-corrected chi connectivity index (χ1v) is 8.74. The smallest absolute Gasteiger partial charge is 0.330 e. The van der Waals surface area contributed by atoms with Crippen LogP contribution in [-0.4, -0.2) is 31.0 Å². The van der Waals surface area contributed by atoms with E-state index in [2.05, 4.69) is 22.5 Å². The molecule has 0 unspecified atom stereocenters. The Bertz CT molecular complexity index is 611. The summed E-state index contributed by atoms with van der Waals surface area (Å²) in [4.78, 5) is 34.5. The fourth-order valence-electron chi connectivity index (χ4n) is 1.99. The van der Waals surface area contributed by atoms with Crippen molar-refractivity contribution in [2.45, 2.75) is 39.5 Å². The third-order valence-corrected chi connectivity index (χ3v) is 3.34. The first-order chi connectivity index (χ1) is 12.6. The van der Waals surface area contributed by atoms with Crippen LogP contribution in [0.2, 0.25) is 0 Å². The predicted molar refractivity (Wildman–Crippen MR) is 97.5 cm³/mol. The summed E-state index contributed by atoms with van der Waals surface area (Å²) in [6.45, 7) is 4.69. The maximum atomic E-state index is 12.0. The van der Waals surface area contributed by atoms with Crippen molar-refractivity contribution in [2.24, 2.45) is 0 Å². The minimum atomic E-state index is -0.640. The fourth-order valence-corrected chi connectivity index (χ4v) is 1.99. The molecular weight excluding hydrogens is 336 g/mol. The van der Waals surface area contributed by atoms with Crippen LogP contribution in [0, 0.1) is 0 Å². The molecule has 2 N–H and O–H groups in total. The fraction of sp³-hybridized carbons (Fsp3) is 0.421. The molecule has 0 atom stereocenters. The summed E-state index contributed by atoms with van der Waals surface area (Å²) in [5.74, 6) is -1.05. The van der Waals surface area contributed by atoms with Crippen LogP contribution in [0.1, 0.15) is 49.9 Å². The Labute approximate surface area is 153 Å². The lowest BCUT2D eigenvalue weighted by Crippen LogP contribution is -2.40. The van der Waals surface area contributed by atoms with Gasteiger partial charge in [-0.15, -0.1) is 0 Å². The van der Waals surface area contributed by atoms with E-state index in [0.29, 0.717) is 17.9 Å². The van der Waals surface area contributed by atoms with Crippen LogP contribution in [0.3, 0.4) is 0 Å². The van der Waals surface area contributed by atoms with Crippen LogP contribution in [0.15, 0.2) is 36.4 Å². The van der Waals surface area contributed by atoms with E-state index in [1.165, 1.54) is 12.8 Å². The number of unbranched alkanes of at least 4 members (excludes halogenated alkanes) is 3. The number of hydrogen-bond acceptors (Lipinski definition) is 5. The van der Waals surface area contributed by atoms with E-state index in [0.717, 1.165) is 25.0 Å². The van der Waals surface area contributed by atoms with Crippen molar-refractivity contribution in [1.82, 2.24) is 10.9 Å². The molecule has 0 saturated heterocycles. The van der Waals surface area contributed by atoms with Crippen molar-refractivity contribution in [1.29, 1.82) is 0 Å². The van der Waals surface area contributed by atoms with Crippen molar-refractivity contribution >= 4 is 17.8 Å². The highest BCUT2D eigenvalue weighted by Gasteiger charge is 2.07. The van der Waals surface area contributed by atoms with E-state index in [1.807, 2.05) is 0 Å². The molecule has 2 amide bonds. The molecule has 0 aliphatic carbocycles. The Hall–Kier alpha value is -2.83. The number of hydrazine groups is 1. The zero-order chi connectivity index (χ0) is 19.2. The molecule has 0 fully saturated rings. The molecule has 1 aromatic carbocycles. The van der Waals surface area contributed by atoms with Crippen LogP contribution >= 0.6 is 0 Å². The average Bonchev–Trinajstić information content (AvgIpc) is 2.65. The van der Waals surface area contributed by atoms with E-state index in [9.17, 15) is 14.4 Å². The maximum Gasteiger partial charge on any atom is 0.330 e. The minimum Gasteiger partial charge on any atom is -0.494 e. The van der Waals surface area contributed by atoms with E-state index in [-0.39, 0.29) is 6.61 Å². The van der Waals surface area contributed by atoms with Crippen LogP contribution in [0.25, 0.3) is 0 Å². The molecule has 142 valence electrons. The van der Waals surface area contributed by atoms with Gasteiger partial charge in [0.2, 0.25) is 0 Å². The SMILES string of the molecule is CCCCCCOc1ccc(C(=O)NNC(=O)C=CC(=O)OCC)cc1. The third-order valence-electron chi connectivity index (χ3n) is 3.34. The largest absolute Gasteiger partial charge is 0.494 e. The van der Waals surface area contributed by atoms with Crippen LogP contribution < -0.4 is 15.6 Å². The van der Waals surface area contributed by atoms with Crippen molar-refractivity contribution in [3.05, 3.63) is 42.0 Å². The number of nitrogens with one attached hydrogen (secondary N) is 2. The van der Waals surface area contributed by atoms with Gasteiger partial charge in [0.05, 0.1) is 13.2 Å². The van der Waals surface area contributed by atoms with Gasteiger partial charge in [-0.25, -0.2) is 4.79 Å². The molecule has 0 aliphatic rings. The number of esters is 1. The van der Waals surface area contributed by atoms with Gasteiger partial charge in [-0.2, -0.15) is 0 Å². The highest BCUT2D eigenvalue weighted by Crippen LogP contribution is 2.13.